The highest BCUT2D eigenvalue weighted by molar-refractivity contribution is 5.94. The van der Waals surface area contributed by atoms with Crippen molar-refractivity contribution in [1.82, 2.24) is 15.0 Å². The Morgan fingerprint density at radius 1 is 1.10 bits per heavy atom. The normalized spacial score (nSPS) is 17.0. The van der Waals surface area contributed by atoms with Crippen molar-refractivity contribution in [3.63, 3.8) is 0 Å². The maximum atomic E-state index is 12.9. The van der Waals surface area contributed by atoms with E-state index in [9.17, 15) is 4.79 Å². The van der Waals surface area contributed by atoms with E-state index >= 15 is 0 Å². The molecule has 2 heterocycles. The van der Waals surface area contributed by atoms with Crippen LogP contribution >= 0.6 is 0 Å². The second kappa shape index (κ2) is 8.19. The number of likely N-dealkylation sites (tertiary alicyclic amines) is 1. The Kier molecular flexibility index (Phi) is 5.47. The highest BCUT2D eigenvalue weighted by Crippen LogP contribution is 2.29. The van der Waals surface area contributed by atoms with Crippen molar-refractivity contribution in [3.05, 3.63) is 71.1 Å². The molecular formula is C24H27N3O2. The van der Waals surface area contributed by atoms with Gasteiger partial charge in [-0.3, -0.25) is 4.79 Å². The van der Waals surface area contributed by atoms with Crippen LogP contribution in [0.1, 0.15) is 65.9 Å². The molecule has 1 saturated heterocycles. The summed E-state index contributed by atoms with van der Waals surface area (Å²) in [7, 11) is 0. The lowest BCUT2D eigenvalue weighted by Gasteiger charge is -2.31. The molecule has 0 spiro atoms. The fourth-order valence-electron chi connectivity index (χ4n) is 3.78. The van der Waals surface area contributed by atoms with Crippen molar-refractivity contribution in [2.45, 2.75) is 45.4 Å². The lowest BCUT2D eigenvalue weighted by atomic mass is 9.97. The SMILES string of the molecule is Cc1ccc(C(=O)N2CCCC(c3nc(-c4ccc(C(C)C)cc4)no3)C2)cc1. The third-order valence-electron chi connectivity index (χ3n) is 5.63. The summed E-state index contributed by atoms with van der Waals surface area (Å²) in [5.74, 6) is 1.86. The summed E-state index contributed by atoms with van der Waals surface area (Å²) in [5, 5.41) is 4.18. The number of carbonyl (C=O) groups is 1. The Morgan fingerprint density at radius 2 is 1.83 bits per heavy atom. The van der Waals surface area contributed by atoms with Gasteiger partial charge in [0, 0.05) is 24.2 Å². The van der Waals surface area contributed by atoms with Crippen LogP contribution in [0.25, 0.3) is 11.4 Å². The summed E-state index contributed by atoms with van der Waals surface area (Å²) in [5.41, 5.74) is 4.12. The van der Waals surface area contributed by atoms with Crippen molar-refractivity contribution in [2.75, 3.05) is 13.1 Å². The van der Waals surface area contributed by atoms with Crippen LogP contribution in [-0.2, 0) is 0 Å². The fraction of sp³-hybridized carbons (Fsp3) is 0.375. The predicted octanol–water partition coefficient (Wildman–Crippen LogP) is 5.19. The largest absolute Gasteiger partial charge is 0.339 e. The van der Waals surface area contributed by atoms with Crippen LogP contribution in [0.15, 0.2) is 53.1 Å². The lowest BCUT2D eigenvalue weighted by Crippen LogP contribution is -2.39. The molecule has 150 valence electrons. The topological polar surface area (TPSA) is 59.2 Å². The van der Waals surface area contributed by atoms with E-state index in [1.54, 1.807) is 0 Å². The van der Waals surface area contributed by atoms with E-state index in [0.29, 0.717) is 24.2 Å². The summed E-state index contributed by atoms with van der Waals surface area (Å²) >= 11 is 0. The first-order valence-electron chi connectivity index (χ1n) is 10.3. The Morgan fingerprint density at radius 3 is 2.52 bits per heavy atom. The highest BCUT2D eigenvalue weighted by Gasteiger charge is 2.29. The molecular weight excluding hydrogens is 362 g/mol. The number of piperidine rings is 1. The Bertz CT molecular complexity index is 974. The van der Waals surface area contributed by atoms with Gasteiger partial charge in [0.15, 0.2) is 0 Å². The maximum absolute atomic E-state index is 12.9. The molecule has 0 bridgehead atoms. The van der Waals surface area contributed by atoms with E-state index < -0.39 is 0 Å². The maximum Gasteiger partial charge on any atom is 0.253 e. The van der Waals surface area contributed by atoms with Crippen LogP contribution in [0.5, 0.6) is 0 Å². The first kappa shape index (κ1) is 19.4. The lowest BCUT2D eigenvalue weighted by molar-refractivity contribution is 0.0695. The predicted molar refractivity (Wildman–Crippen MR) is 113 cm³/mol. The van der Waals surface area contributed by atoms with E-state index in [-0.39, 0.29) is 11.8 Å². The van der Waals surface area contributed by atoms with Gasteiger partial charge < -0.3 is 9.42 Å². The van der Waals surface area contributed by atoms with Gasteiger partial charge in [-0.2, -0.15) is 4.98 Å². The molecule has 4 rings (SSSR count). The van der Waals surface area contributed by atoms with Crippen LogP contribution in [-0.4, -0.2) is 34.0 Å². The minimum atomic E-state index is 0.0683. The minimum absolute atomic E-state index is 0.0683. The summed E-state index contributed by atoms with van der Waals surface area (Å²) in [6.07, 6.45) is 1.88. The monoisotopic (exact) mass is 389 g/mol. The molecule has 1 unspecified atom stereocenters. The Hall–Kier alpha value is -2.95. The first-order chi connectivity index (χ1) is 14.0. The van der Waals surface area contributed by atoms with Crippen molar-refractivity contribution in [2.24, 2.45) is 0 Å². The number of rotatable bonds is 4. The third kappa shape index (κ3) is 4.24. The van der Waals surface area contributed by atoms with Crippen molar-refractivity contribution < 1.29 is 9.32 Å². The van der Waals surface area contributed by atoms with Gasteiger partial charge in [-0.1, -0.05) is 61.0 Å². The Balaban J connectivity index is 1.47. The van der Waals surface area contributed by atoms with Gasteiger partial charge in [-0.05, 0) is 43.4 Å². The summed E-state index contributed by atoms with van der Waals surface area (Å²) in [4.78, 5) is 19.4. The second-order valence-corrected chi connectivity index (χ2v) is 8.19. The van der Waals surface area contributed by atoms with E-state index in [4.69, 9.17) is 4.52 Å². The molecule has 1 atom stereocenters. The molecule has 1 aliphatic rings. The van der Waals surface area contributed by atoms with Crippen LogP contribution in [0.3, 0.4) is 0 Å². The molecule has 2 aromatic carbocycles. The number of benzene rings is 2. The Labute approximate surface area is 171 Å². The molecule has 29 heavy (non-hydrogen) atoms. The van der Waals surface area contributed by atoms with Gasteiger partial charge in [0.1, 0.15) is 0 Å². The molecule has 0 N–H and O–H groups in total. The van der Waals surface area contributed by atoms with E-state index in [2.05, 4.69) is 36.1 Å². The summed E-state index contributed by atoms with van der Waals surface area (Å²) < 4.78 is 5.59. The molecule has 5 heteroatoms. The van der Waals surface area contributed by atoms with E-state index in [0.717, 1.165) is 36.1 Å². The first-order valence-corrected chi connectivity index (χ1v) is 10.3. The summed E-state index contributed by atoms with van der Waals surface area (Å²) in [6.45, 7) is 7.75. The van der Waals surface area contributed by atoms with Crippen LogP contribution < -0.4 is 0 Å². The fourth-order valence-corrected chi connectivity index (χ4v) is 3.78. The van der Waals surface area contributed by atoms with Crippen molar-refractivity contribution in [3.8, 4) is 11.4 Å². The standard InChI is InChI=1S/C24H27N3O2/c1-16(2)18-10-12-19(13-11-18)22-25-23(29-26-22)21-5-4-14-27(15-21)24(28)20-8-6-17(3)7-9-20/h6-13,16,21H,4-5,14-15H2,1-3H3. The van der Waals surface area contributed by atoms with Crippen molar-refractivity contribution >= 4 is 5.91 Å². The zero-order valence-electron chi connectivity index (χ0n) is 17.3. The molecule has 3 aromatic rings. The molecule has 0 saturated carbocycles. The minimum Gasteiger partial charge on any atom is -0.339 e. The van der Waals surface area contributed by atoms with Gasteiger partial charge in [0.2, 0.25) is 11.7 Å². The number of hydrogen-bond acceptors (Lipinski definition) is 4. The van der Waals surface area contributed by atoms with Gasteiger partial charge in [0.25, 0.3) is 5.91 Å². The zero-order valence-corrected chi connectivity index (χ0v) is 17.3. The molecule has 1 amide bonds. The molecule has 0 radical (unpaired) electrons. The molecule has 1 aromatic heterocycles. The second-order valence-electron chi connectivity index (χ2n) is 8.19. The molecule has 1 fully saturated rings. The van der Waals surface area contributed by atoms with Crippen LogP contribution in [0, 0.1) is 6.92 Å². The zero-order chi connectivity index (χ0) is 20.4. The molecule has 0 aliphatic carbocycles. The van der Waals surface area contributed by atoms with Crippen LogP contribution in [0.4, 0.5) is 0 Å². The number of nitrogens with zero attached hydrogens (tertiary/aromatic N) is 3. The molecule has 1 aliphatic heterocycles. The van der Waals surface area contributed by atoms with Crippen LogP contribution in [0.2, 0.25) is 0 Å². The van der Waals surface area contributed by atoms with Gasteiger partial charge >= 0.3 is 0 Å². The number of hydrogen-bond donors (Lipinski definition) is 0. The van der Waals surface area contributed by atoms with E-state index in [1.165, 1.54) is 5.56 Å². The van der Waals surface area contributed by atoms with E-state index in [1.807, 2.05) is 48.2 Å². The quantitative estimate of drug-likeness (QED) is 0.616. The number of aryl methyl sites for hydroxylation is 1. The van der Waals surface area contributed by atoms with Crippen molar-refractivity contribution in [1.29, 1.82) is 0 Å². The number of carbonyl (C=O) groups excluding carboxylic acids is 1. The van der Waals surface area contributed by atoms with Gasteiger partial charge in [0.05, 0.1) is 5.92 Å². The average Bonchev–Trinajstić information content (AvgIpc) is 3.24. The average molecular weight is 389 g/mol. The smallest absolute Gasteiger partial charge is 0.253 e. The number of aromatic nitrogens is 2. The third-order valence-corrected chi connectivity index (χ3v) is 5.63. The van der Waals surface area contributed by atoms with Gasteiger partial charge in [-0.15, -0.1) is 0 Å². The number of amides is 1. The molecule has 5 nitrogen and oxygen atoms in total. The highest BCUT2D eigenvalue weighted by atomic mass is 16.5. The van der Waals surface area contributed by atoms with Gasteiger partial charge in [-0.25, -0.2) is 0 Å². The summed E-state index contributed by atoms with van der Waals surface area (Å²) in [6, 6.07) is 16.0.